The van der Waals surface area contributed by atoms with E-state index in [1.54, 1.807) is 48.5 Å². The highest BCUT2D eigenvalue weighted by atomic mass is 16.5. The molecule has 0 fully saturated rings. The van der Waals surface area contributed by atoms with Crippen LogP contribution in [0, 0.1) is 0 Å². The first-order valence-electron chi connectivity index (χ1n) is 10.5. The molecular formula is C26H26N2O4. The summed E-state index contributed by atoms with van der Waals surface area (Å²) in [5, 5.41) is 3.93. The van der Waals surface area contributed by atoms with Crippen LogP contribution in [0.5, 0.6) is 11.5 Å². The van der Waals surface area contributed by atoms with E-state index < -0.39 is 5.97 Å². The summed E-state index contributed by atoms with van der Waals surface area (Å²) in [4.78, 5) is 24.0. The largest absolute Gasteiger partial charge is 0.484 e. The molecule has 0 saturated heterocycles. The van der Waals surface area contributed by atoms with Crippen molar-refractivity contribution in [1.82, 2.24) is 5.43 Å². The first-order valence-corrected chi connectivity index (χ1v) is 10.5. The monoisotopic (exact) mass is 430 g/mol. The van der Waals surface area contributed by atoms with E-state index in [2.05, 4.69) is 24.4 Å². The number of rotatable bonds is 9. The minimum atomic E-state index is -0.422. The van der Waals surface area contributed by atoms with Crippen LogP contribution in [0.1, 0.15) is 47.7 Å². The number of amides is 1. The van der Waals surface area contributed by atoms with Gasteiger partial charge >= 0.3 is 5.97 Å². The molecule has 1 atom stereocenters. The average molecular weight is 431 g/mol. The molecular weight excluding hydrogens is 404 g/mol. The van der Waals surface area contributed by atoms with Crippen molar-refractivity contribution in [2.75, 3.05) is 6.61 Å². The zero-order valence-electron chi connectivity index (χ0n) is 18.2. The van der Waals surface area contributed by atoms with Gasteiger partial charge in [0.2, 0.25) is 0 Å². The van der Waals surface area contributed by atoms with Crippen molar-refractivity contribution in [3.63, 3.8) is 0 Å². The predicted octanol–water partition coefficient (Wildman–Crippen LogP) is 4.95. The molecule has 0 bridgehead atoms. The van der Waals surface area contributed by atoms with E-state index in [4.69, 9.17) is 9.47 Å². The fraction of sp³-hybridized carbons (Fsp3) is 0.192. The molecule has 1 amide bonds. The van der Waals surface area contributed by atoms with Crippen LogP contribution in [0.25, 0.3) is 0 Å². The molecule has 3 aromatic carbocycles. The van der Waals surface area contributed by atoms with Gasteiger partial charge in [-0.1, -0.05) is 44.2 Å². The van der Waals surface area contributed by atoms with Crippen LogP contribution in [0.3, 0.4) is 0 Å². The lowest BCUT2D eigenvalue weighted by atomic mass is 9.99. The van der Waals surface area contributed by atoms with E-state index in [1.807, 2.05) is 30.3 Å². The summed E-state index contributed by atoms with van der Waals surface area (Å²) in [6.45, 7) is 4.19. The number of nitrogens with one attached hydrogen (secondary N) is 1. The third kappa shape index (κ3) is 6.80. The maximum Gasteiger partial charge on any atom is 0.343 e. The Labute approximate surface area is 187 Å². The van der Waals surface area contributed by atoms with Crippen LogP contribution in [-0.4, -0.2) is 24.7 Å². The molecule has 0 heterocycles. The third-order valence-corrected chi connectivity index (χ3v) is 4.93. The van der Waals surface area contributed by atoms with E-state index in [-0.39, 0.29) is 12.5 Å². The van der Waals surface area contributed by atoms with Gasteiger partial charge in [-0.05, 0) is 72.0 Å². The lowest BCUT2D eigenvalue weighted by molar-refractivity contribution is -0.123. The predicted molar refractivity (Wildman–Crippen MR) is 124 cm³/mol. The van der Waals surface area contributed by atoms with Crippen molar-refractivity contribution in [2.45, 2.75) is 26.2 Å². The Balaban J connectivity index is 1.43. The second-order valence-corrected chi connectivity index (χ2v) is 7.28. The Morgan fingerprint density at radius 1 is 0.938 bits per heavy atom. The minimum absolute atomic E-state index is 0.131. The second-order valence-electron chi connectivity index (χ2n) is 7.28. The number of hydrogen-bond donors (Lipinski definition) is 1. The average Bonchev–Trinajstić information content (AvgIpc) is 2.84. The summed E-state index contributed by atoms with van der Waals surface area (Å²) in [5.41, 5.74) is 4.90. The van der Waals surface area contributed by atoms with Crippen molar-refractivity contribution >= 4 is 18.1 Å². The van der Waals surface area contributed by atoms with E-state index in [0.717, 1.165) is 12.0 Å². The maximum atomic E-state index is 12.1. The van der Waals surface area contributed by atoms with Crippen LogP contribution >= 0.6 is 0 Å². The quantitative estimate of drug-likeness (QED) is 0.226. The molecule has 3 aromatic rings. The topological polar surface area (TPSA) is 77.0 Å². The van der Waals surface area contributed by atoms with Crippen LogP contribution in [-0.2, 0) is 4.79 Å². The number of carbonyl (C=O) groups excluding carboxylic acids is 2. The molecule has 0 unspecified atom stereocenters. The van der Waals surface area contributed by atoms with Crippen LogP contribution in [0.2, 0.25) is 0 Å². The number of hydrogen-bond acceptors (Lipinski definition) is 5. The SMILES string of the molecule is CC[C@@H](C)c1ccc(OCC(=O)N/N=C/c2ccc(OC(=O)c3ccccc3)cc2)cc1. The van der Waals surface area contributed by atoms with Gasteiger partial charge in [0, 0.05) is 0 Å². The second kappa shape index (κ2) is 11.5. The van der Waals surface area contributed by atoms with Crippen molar-refractivity contribution in [3.8, 4) is 11.5 Å². The third-order valence-electron chi connectivity index (χ3n) is 4.93. The molecule has 1 N–H and O–H groups in total. The number of hydrazone groups is 1. The smallest absolute Gasteiger partial charge is 0.343 e. The van der Waals surface area contributed by atoms with E-state index in [0.29, 0.717) is 23.0 Å². The van der Waals surface area contributed by atoms with Gasteiger partial charge in [0.25, 0.3) is 5.91 Å². The molecule has 0 aromatic heterocycles. The minimum Gasteiger partial charge on any atom is -0.484 e. The Kier molecular flexibility index (Phi) is 8.15. The fourth-order valence-corrected chi connectivity index (χ4v) is 2.85. The molecule has 164 valence electrons. The normalized spacial score (nSPS) is 11.7. The van der Waals surface area contributed by atoms with Crippen LogP contribution in [0.4, 0.5) is 0 Å². The highest BCUT2D eigenvalue weighted by molar-refractivity contribution is 5.91. The summed E-state index contributed by atoms with van der Waals surface area (Å²) < 4.78 is 10.8. The zero-order valence-corrected chi connectivity index (χ0v) is 18.2. The van der Waals surface area contributed by atoms with Crippen molar-refractivity contribution in [3.05, 3.63) is 95.6 Å². The van der Waals surface area contributed by atoms with Gasteiger partial charge < -0.3 is 9.47 Å². The zero-order chi connectivity index (χ0) is 22.8. The van der Waals surface area contributed by atoms with Gasteiger partial charge in [0.1, 0.15) is 11.5 Å². The van der Waals surface area contributed by atoms with Gasteiger partial charge in [-0.15, -0.1) is 0 Å². The Morgan fingerprint density at radius 2 is 1.59 bits per heavy atom. The van der Waals surface area contributed by atoms with Crippen LogP contribution < -0.4 is 14.9 Å². The fourth-order valence-electron chi connectivity index (χ4n) is 2.85. The molecule has 32 heavy (non-hydrogen) atoms. The summed E-state index contributed by atoms with van der Waals surface area (Å²) in [7, 11) is 0. The Hall–Kier alpha value is -3.93. The standard InChI is InChI=1S/C26H26N2O4/c1-3-19(2)21-11-15-23(16-12-21)31-18-25(29)28-27-17-20-9-13-24(14-10-20)32-26(30)22-7-5-4-6-8-22/h4-17,19H,3,18H2,1-2H3,(H,28,29)/b27-17+/t19-/m1/s1. The molecule has 6 heteroatoms. The molecule has 0 saturated carbocycles. The number of benzene rings is 3. The number of nitrogens with zero attached hydrogens (tertiary/aromatic N) is 1. The van der Waals surface area contributed by atoms with Gasteiger partial charge in [0.15, 0.2) is 6.61 Å². The summed E-state index contributed by atoms with van der Waals surface area (Å²) in [6, 6.07) is 23.3. The molecule has 6 nitrogen and oxygen atoms in total. The van der Waals surface area contributed by atoms with Crippen molar-refractivity contribution < 1.29 is 19.1 Å². The molecule has 3 rings (SSSR count). The van der Waals surface area contributed by atoms with E-state index in [9.17, 15) is 9.59 Å². The van der Waals surface area contributed by atoms with Crippen LogP contribution in [0.15, 0.2) is 84.0 Å². The van der Waals surface area contributed by atoms with Gasteiger partial charge in [0.05, 0.1) is 11.8 Å². The number of esters is 1. The lowest BCUT2D eigenvalue weighted by Gasteiger charge is -2.10. The molecule has 0 radical (unpaired) electrons. The summed E-state index contributed by atoms with van der Waals surface area (Å²) in [5.74, 6) is 0.769. The van der Waals surface area contributed by atoms with Gasteiger partial charge in [-0.2, -0.15) is 5.10 Å². The van der Waals surface area contributed by atoms with E-state index >= 15 is 0 Å². The Morgan fingerprint density at radius 3 is 2.25 bits per heavy atom. The lowest BCUT2D eigenvalue weighted by Crippen LogP contribution is -2.24. The Bertz CT molecular complexity index is 1050. The molecule has 0 aliphatic rings. The first kappa shape index (κ1) is 22.7. The van der Waals surface area contributed by atoms with E-state index in [1.165, 1.54) is 11.8 Å². The highest BCUT2D eigenvalue weighted by Crippen LogP contribution is 2.21. The summed E-state index contributed by atoms with van der Waals surface area (Å²) in [6.07, 6.45) is 2.57. The highest BCUT2D eigenvalue weighted by Gasteiger charge is 2.07. The maximum absolute atomic E-state index is 12.1. The first-order chi connectivity index (χ1) is 15.5. The van der Waals surface area contributed by atoms with Crippen molar-refractivity contribution in [1.29, 1.82) is 0 Å². The number of ether oxygens (including phenoxy) is 2. The molecule has 0 aliphatic heterocycles. The van der Waals surface area contributed by atoms with Gasteiger partial charge in [-0.3, -0.25) is 4.79 Å². The summed E-state index contributed by atoms with van der Waals surface area (Å²) >= 11 is 0. The number of carbonyl (C=O) groups is 2. The van der Waals surface area contributed by atoms with Crippen molar-refractivity contribution in [2.24, 2.45) is 5.10 Å². The van der Waals surface area contributed by atoms with Gasteiger partial charge in [-0.25, -0.2) is 10.2 Å². The molecule has 0 spiro atoms. The molecule has 0 aliphatic carbocycles.